The Morgan fingerprint density at radius 3 is 2.96 bits per heavy atom. The molecular weight excluding hydrogens is 344 g/mol. The summed E-state index contributed by atoms with van der Waals surface area (Å²) in [6.07, 6.45) is 6.26. The van der Waals surface area contributed by atoms with Crippen LogP contribution in [-0.2, 0) is 4.79 Å². The second-order valence-electron chi connectivity index (χ2n) is 5.75. The molecule has 1 saturated heterocycles. The van der Waals surface area contributed by atoms with Crippen LogP contribution in [0.5, 0.6) is 0 Å². The summed E-state index contributed by atoms with van der Waals surface area (Å²) in [5, 5.41) is 6.02. The molecule has 1 aliphatic rings. The zero-order valence-corrected chi connectivity index (χ0v) is 14.7. The normalized spacial score (nSPS) is 18.1. The lowest BCUT2D eigenvalue weighted by atomic mass is 10.0. The number of carbonyl (C=O) groups excluding carboxylic acids is 2. The standard InChI is InChI=1S/C17H20N4O3.ClH/c1-12(20-16(22)14-4-8-24-11-14)17(23)21-7-6-19-10-15(21)13-3-2-5-18-9-13;/h2-5,8-9,11-12,15,19H,6-7,10H2,1H3,(H,20,22);1H. The largest absolute Gasteiger partial charge is 0.472 e. The maximum atomic E-state index is 12.8. The number of amides is 2. The van der Waals surface area contributed by atoms with E-state index in [1.807, 2.05) is 12.1 Å². The molecule has 3 heterocycles. The molecule has 0 spiro atoms. The molecule has 8 heteroatoms. The average Bonchev–Trinajstić information content (AvgIpc) is 3.16. The van der Waals surface area contributed by atoms with Gasteiger partial charge in [0.25, 0.3) is 5.91 Å². The average molecular weight is 365 g/mol. The quantitative estimate of drug-likeness (QED) is 0.856. The molecule has 2 amide bonds. The minimum atomic E-state index is -0.621. The Hall–Kier alpha value is -2.38. The summed E-state index contributed by atoms with van der Waals surface area (Å²) < 4.78 is 4.90. The van der Waals surface area contributed by atoms with E-state index in [0.29, 0.717) is 18.7 Å². The van der Waals surface area contributed by atoms with E-state index in [-0.39, 0.29) is 30.3 Å². The van der Waals surface area contributed by atoms with Crippen LogP contribution in [0.25, 0.3) is 0 Å². The van der Waals surface area contributed by atoms with Crippen LogP contribution < -0.4 is 10.6 Å². The molecule has 2 unspecified atom stereocenters. The Morgan fingerprint density at radius 1 is 1.44 bits per heavy atom. The van der Waals surface area contributed by atoms with Gasteiger partial charge in [-0.05, 0) is 24.6 Å². The topological polar surface area (TPSA) is 87.5 Å². The van der Waals surface area contributed by atoms with Crippen molar-refractivity contribution in [1.29, 1.82) is 0 Å². The van der Waals surface area contributed by atoms with Crippen LogP contribution >= 0.6 is 12.4 Å². The van der Waals surface area contributed by atoms with Crippen LogP contribution in [-0.4, -0.2) is 47.4 Å². The molecule has 0 radical (unpaired) electrons. The van der Waals surface area contributed by atoms with E-state index < -0.39 is 6.04 Å². The van der Waals surface area contributed by atoms with Crippen LogP contribution in [0.4, 0.5) is 0 Å². The Bertz CT molecular complexity index is 693. The fourth-order valence-corrected chi connectivity index (χ4v) is 2.82. The van der Waals surface area contributed by atoms with E-state index in [2.05, 4.69) is 15.6 Å². The van der Waals surface area contributed by atoms with Gasteiger partial charge in [0.15, 0.2) is 0 Å². The summed E-state index contributed by atoms with van der Waals surface area (Å²) >= 11 is 0. The summed E-state index contributed by atoms with van der Waals surface area (Å²) in [5.41, 5.74) is 1.38. The summed E-state index contributed by atoms with van der Waals surface area (Å²) in [4.78, 5) is 30.9. The zero-order valence-electron chi connectivity index (χ0n) is 13.8. The van der Waals surface area contributed by atoms with Crippen molar-refractivity contribution in [2.45, 2.75) is 19.0 Å². The van der Waals surface area contributed by atoms with Gasteiger partial charge in [0.2, 0.25) is 5.91 Å². The zero-order chi connectivity index (χ0) is 16.9. The van der Waals surface area contributed by atoms with Gasteiger partial charge in [0.05, 0.1) is 17.9 Å². The third-order valence-corrected chi connectivity index (χ3v) is 4.10. The summed E-state index contributed by atoms with van der Waals surface area (Å²) in [6.45, 7) is 3.68. The molecule has 0 bridgehead atoms. The second-order valence-corrected chi connectivity index (χ2v) is 5.75. The van der Waals surface area contributed by atoms with E-state index in [1.54, 1.807) is 30.3 Å². The number of hydrogen-bond acceptors (Lipinski definition) is 5. The molecule has 3 rings (SSSR count). The first-order valence-electron chi connectivity index (χ1n) is 7.91. The van der Waals surface area contributed by atoms with Crippen LogP contribution in [0.1, 0.15) is 28.9 Å². The van der Waals surface area contributed by atoms with E-state index >= 15 is 0 Å². The fraction of sp³-hybridized carbons (Fsp3) is 0.353. The summed E-state index contributed by atoms with van der Waals surface area (Å²) in [7, 11) is 0. The van der Waals surface area contributed by atoms with Crippen LogP contribution in [0.15, 0.2) is 47.5 Å². The van der Waals surface area contributed by atoms with Gasteiger partial charge in [-0.3, -0.25) is 14.6 Å². The maximum Gasteiger partial charge on any atom is 0.255 e. The highest BCUT2D eigenvalue weighted by Gasteiger charge is 2.31. The molecule has 7 nitrogen and oxygen atoms in total. The third kappa shape index (κ3) is 4.37. The van der Waals surface area contributed by atoms with Crippen molar-refractivity contribution in [3.05, 3.63) is 54.2 Å². The van der Waals surface area contributed by atoms with Gasteiger partial charge >= 0.3 is 0 Å². The Kier molecular flexibility index (Phi) is 6.55. The van der Waals surface area contributed by atoms with Crippen molar-refractivity contribution in [2.24, 2.45) is 0 Å². The van der Waals surface area contributed by atoms with Gasteiger partial charge in [-0.25, -0.2) is 0 Å². The van der Waals surface area contributed by atoms with Gasteiger partial charge in [-0.15, -0.1) is 12.4 Å². The number of halogens is 1. The predicted octanol–water partition coefficient (Wildman–Crippen LogP) is 1.39. The molecule has 0 aromatic carbocycles. The fourth-order valence-electron chi connectivity index (χ4n) is 2.82. The highest BCUT2D eigenvalue weighted by molar-refractivity contribution is 5.97. The van der Waals surface area contributed by atoms with Crippen molar-refractivity contribution < 1.29 is 14.0 Å². The van der Waals surface area contributed by atoms with Crippen molar-refractivity contribution >= 4 is 24.2 Å². The van der Waals surface area contributed by atoms with Crippen molar-refractivity contribution in [2.75, 3.05) is 19.6 Å². The second kappa shape index (κ2) is 8.64. The number of pyridine rings is 1. The minimum Gasteiger partial charge on any atom is -0.472 e. The summed E-state index contributed by atoms with van der Waals surface area (Å²) in [5.74, 6) is -0.431. The monoisotopic (exact) mass is 364 g/mol. The van der Waals surface area contributed by atoms with E-state index in [4.69, 9.17) is 4.42 Å². The van der Waals surface area contributed by atoms with Crippen LogP contribution in [0.3, 0.4) is 0 Å². The first kappa shape index (κ1) is 19.0. The van der Waals surface area contributed by atoms with Gasteiger partial charge in [-0.2, -0.15) is 0 Å². The van der Waals surface area contributed by atoms with Gasteiger partial charge < -0.3 is 20.0 Å². The van der Waals surface area contributed by atoms with Crippen LogP contribution in [0.2, 0.25) is 0 Å². The number of piperazine rings is 1. The SMILES string of the molecule is CC(NC(=O)c1ccoc1)C(=O)N1CCNCC1c1cccnc1.Cl. The minimum absolute atomic E-state index is 0. The number of aromatic nitrogens is 1. The highest BCUT2D eigenvalue weighted by atomic mass is 35.5. The molecule has 2 aromatic rings. The molecular formula is C17H21ClN4O3. The molecule has 2 N–H and O–H groups in total. The van der Waals surface area contributed by atoms with Gasteiger partial charge in [-0.1, -0.05) is 6.07 Å². The Morgan fingerprint density at radius 2 is 2.28 bits per heavy atom. The van der Waals surface area contributed by atoms with Gasteiger partial charge in [0.1, 0.15) is 12.3 Å². The van der Waals surface area contributed by atoms with E-state index in [9.17, 15) is 9.59 Å². The number of nitrogens with one attached hydrogen (secondary N) is 2. The number of rotatable bonds is 4. The van der Waals surface area contributed by atoms with E-state index in [0.717, 1.165) is 12.1 Å². The summed E-state index contributed by atoms with van der Waals surface area (Å²) in [6, 6.07) is 4.67. The highest BCUT2D eigenvalue weighted by Crippen LogP contribution is 2.22. The molecule has 134 valence electrons. The van der Waals surface area contributed by atoms with Crippen molar-refractivity contribution in [1.82, 2.24) is 20.5 Å². The number of carbonyl (C=O) groups is 2. The number of hydrogen-bond donors (Lipinski definition) is 2. The van der Waals surface area contributed by atoms with Crippen molar-refractivity contribution in [3.63, 3.8) is 0 Å². The third-order valence-electron chi connectivity index (χ3n) is 4.10. The Labute approximate surface area is 152 Å². The lowest BCUT2D eigenvalue weighted by Gasteiger charge is -2.37. The predicted molar refractivity (Wildman–Crippen MR) is 94.4 cm³/mol. The molecule has 25 heavy (non-hydrogen) atoms. The molecule has 2 aromatic heterocycles. The van der Waals surface area contributed by atoms with Gasteiger partial charge in [0, 0.05) is 32.0 Å². The van der Waals surface area contributed by atoms with E-state index in [1.165, 1.54) is 12.5 Å². The first-order valence-corrected chi connectivity index (χ1v) is 7.91. The molecule has 0 saturated carbocycles. The lowest BCUT2D eigenvalue weighted by Crippen LogP contribution is -2.54. The number of nitrogens with zero attached hydrogens (tertiary/aromatic N) is 2. The Balaban J connectivity index is 0.00000225. The number of furan rings is 1. The molecule has 1 aliphatic heterocycles. The molecule has 1 fully saturated rings. The van der Waals surface area contributed by atoms with Crippen LogP contribution in [0, 0.1) is 0 Å². The maximum absolute atomic E-state index is 12.8. The molecule has 2 atom stereocenters. The van der Waals surface area contributed by atoms with Crippen molar-refractivity contribution in [3.8, 4) is 0 Å². The first-order chi connectivity index (χ1) is 11.7. The smallest absolute Gasteiger partial charge is 0.255 e. The molecule has 0 aliphatic carbocycles. The lowest BCUT2D eigenvalue weighted by molar-refractivity contribution is -0.136.